The molecular formula is C106H57N7O3. The summed E-state index contributed by atoms with van der Waals surface area (Å²) >= 11 is 0. The molecule has 12 heterocycles. The van der Waals surface area contributed by atoms with Gasteiger partial charge in [0.25, 0.3) is 0 Å². The third-order valence-electron chi connectivity index (χ3n) is 24.8. The Kier molecular flexibility index (Phi) is 12.3. The quantitative estimate of drug-likeness (QED) is 0.174. The molecular weight excluding hydrogens is 1420 g/mol. The molecule has 0 spiro atoms. The van der Waals surface area contributed by atoms with E-state index in [1.807, 2.05) is 48.5 Å². The Bertz CT molecular complexity index is 9320. The van der Waals surface area contributed by atoms with E-state index in [0.29, 0.717) is 0 Å². The van der Waals surface area contributed by atoms with Gasteiger partial charge in [-0.1, -0.05) is 218 Å². The molecule has 29 rings (SSSR count). The van der Waals surface area contributed by atoms with Crippen LogP contribution in [0.3, 0.4) is 0 Å². The van der Waals surface area contributed by atoms with E-state index < -0.39 is 0 Å². The summed E-state index contributed by atoms with van der Waals surface area (Å²) in [4.78, 5) is 20.6. The summed E-state index contributed by atoms with van der Waals surface area (Å²) in [5, 5.41) is 27.5. The van der Waals surface area contributed by atoms with E-state index in [-0.39, 0.29) is 0 Å². The number of hydrogen-bond acceptors (Lipinski definition) is 7. The number of rotatable bonds is 3. The normalized spacial score (nSPS) is 12.5. The van der Waals surface area contributed by atoms with E-state index in [0.717, 1.165) is 149 Å². The van der Waals surface area contributed by atoms with Crippen LogP contribution in [0.25, 0.3) is 268 Å². The van der Waals surface area contributed by atoms with Gasteiger partial charge in [-0.3, -0.25) is 13.2 Å². The van der Waals surface area contributed by atoms with Gasteiger partial charge in [-0.15, -0.1) is 0 Å². The fourth-order valence-electron chi connectivity index (χ4n) is 19.6. The van der Waals surface area contributed by atoms with Gasteiger partial charge < -0.3 is 13.3 Å². The topological polar surface area (TPSA) is 104 Å². The Balaban J connectivity index is 0.0000000933. The van der Waals surface area contributed by atoms with Crippen LogP contribution in [0.5, 0.6) is 0 Å². The minimum absolute atomic E-state index is 0.879. The largest absolute Gasteiger partial charge is 0.456 e. The first-order valence-electron chi connectivity index (χ1n) is 39.4. The molecule has 0 aliphatic heterocycles. The second-order valence-corrected chi connectivity index (χ2v) is 31.1. The summed E-state index contributed by atoms with van der Waals surface area (Å²) in [6, 6.07) is 123. The first kappa shape index (κ1) is 61.9. The fraction of sp³-hybridized carbons (Fsp3) is 0. The standard InChI is InChI=1S/2C37H20N2O.C32H17N3O/c1-3-11-24-21(8-1)10-7-13-25(24)23-17-29-27-19-28-26-12-4-6-15-34(26)40-35(28)20-33(27)39-36(29)30(18-23)31-16-22-9-2-5-14-32(22)38-37(31)39;1-2-7-22-16-23(13-12-21(22)6-1)24-14-15-34-29(17-24)30-19-28-26-9-5-10-27-31-18-25-8-3-4-11-32(25)38-37(31)39(36(26)27)33(28)20-35(30)40-34;1-2-8-18(9-3-1)19-14-23-21-16-22-20-10-4-7-13-28(20)36-29(22)17-27(21)35-31(23)24(15-19)30-32(35)34-26-12-6-5-11-25(26)33-30/h2*1-20H;1-17H. The van der Waals surface area contributed by atoms with Crippen LogP contribution in [0.4, 0.5) is 0 Å². The van der Waals surface area contributed by atoms with Crippen LogP contribution in [-0.4, -0.2) is 33.1 Å². The van der Waals surface area contributed by atoms with Crippen molar-refractivity contribution in [1.29, 1.82) is 0 Å². The Hall–Kier alpha value is -15.8. The summed E-state index contributed by atoms with van der Waals surface area (Å²) in [5.41, 5.74) is 27.2. The molecule has 0 bridgehead atoms. The molecule has 0 saturated carbocycles. The number of fused-ring (bicyclic) bond motifs is 32. The van der Waals surface area contributed by atoms with E-state index >= 15 is 0 Å². The van der Waals surface area contributed by atoms with Gasteiger partial charge in [0, 0.05) is 121 Å². The van der Waals surface area contributed by atoms with Crippen molar-refractivity contribution in [2.75, 3.05) is 0 Å². The van der Waals surface area contributed by atoms with E-state index in [1.54, 1.807) is 0 Å². The van der Waals surface area contributed by atoms with Crippen molar-refractivity contribution >= 4 is 235 Å². The van der Waals surface area contributed by atoms with Crippen molar-refractivity contribution in [3.63, 3.8) is 0 Å². The van der Waals surface area contributed by atoms with Crippen LogP contribution in [-0.2, 0) is 0 Å². The molecule has 0 atom stereocenters. The molecule has 116 heavy (non-hydrogen) atoms. The lowest BCUT2D eigenvalue weighted by Crippen LogP contribution is -1.88. The summed E-state index contributed by atoms with van der Waals surface area (Å²) in [7, 11) is 0. The molecule has 0 unspecified atom stereocenters. The van der Waals surface area contributed by atoms with Crippen molar-refractivity contribution < 1.29 is 13.3 Å². The smallest absolute Gasteiger partial charge is 0.165 e. The molecule has 0 aliphatic rings. The van der Waals surface area contributed by atoms with Crippen LogP contribution in [0.1, 0.15) is 0 Å². The van der Waals surface area contributed by atoms with Gasteiger partial charge in [0.1, 0.15) is 50.3 Å². The van der Waals surface area contributed by atoms with Crippen molar-refractivity contribution in [2.24, 2.45) is 0 Å². The van der Waals surface area contributed by atoms with E-state index in [1.165, 1.54) is 120 Å². The highest BCUT2D eigenvalue weighted by molar-refractivity contribution is 6.30. The fourth-order valence-corrected chi connectivity index (χ4v) is 19.6. The Morgan fingerprint density at radius 1 is 0.181 bits per heavy atom. The average molecular weight is 1480 g/mol. The number of pyridine rings is 2. The Morgan fingerprint density at radius 2 is 0.586 bits per heavy atom. The molecule has 0 radical (unpaired) electrons. The van der Waals surface area contributed by atoms with Crippen LogP contribution in [0, 0.1) is 0 Å². The van der Waals surface area contributed by atoms with Crippen molar-refractivity contribution in [1.82, 2.24) is 33.1 Å². The van der Waals surface area contributed by atoms with Crippen molar-refractivity contribution in [3.05, 3.63) is 346 Å². The van der Waals surface area contributed by atoms with Crippen LogP contribution < -0.4 is 0 Å². The van der Waals surface area contributed by atoms with Crippen molar-refractivity contribution in [2.45, 2.75) is 0 Å². The second kappa shape index (κ2) is 23.0. The van der Waals surface area contributed by atoms with E-state index in [4.69, 9.17) is 33.2 Å². The third kappa shape index (κ3) is 8.67. The number of nitrogens with zero attached hydrogens (tertiary/aromatic N) is 7. The van der Waals surface area contributed by atoms with Crippen molar-refractivity contribution in [3.8, 4) is 33.4 Å². The highest BCUT2D eigenvalue weighted by atomic mass is 16.3. The average Bonchev–Trinajstić information content (AvgIpc) is 1.53. The predicted octanol–water partition coefficient (Wildman–Crippen LogP) is 28.6. The molecule has 29 aromatic rings. The molecule has 0 aliphatic carbocycles. The molecule has 12 aromatic heterocycles. The third-order valence-corrected chi connectivity index (χ3v) is 24.8. The molecule has 17 aromatic carbocycles. The number of furan rings is 3. The number of para-hydroxylation sites is 7. The van der Waals surface area contributed by atoms with Gasteiger partial charge in [-0.2, -0.15) is 0 Å². The van der Waals surface area contributed by atoms with Gasteiger partial charge >= 0.3 is 0 Å². The first-order valence-corrected chi connectivity index (χ1v) is 39.4. The SMILES string of the molecule is c1ccc(-c2cc3c4cc5c(cc4n4c6nc7ccccc7nc6c(c2)c34)oc2ccccc25)cc1.c1ccc2cc(-c3ccc4oc5cc6c(cc5c4c3)c3cccc4c5cc7ccccc7nc5n6c34)ccc2c1.c1ccc2nc3c(cc2c1)c1cc(-c2cccc4ccccc24)cc2c4cc5c(cc4n3c21)oc1ccccc15. The minimum atomic E-state index is 0.879. The highest BCUT2D eigenvalue weighted by Gasteiger charge is 2.27. The predicted molar refractivity (Wildman–Crippen MR) is 480 cm³/mol. The molecule has 0 amide bonds. The second-order valence-electron chi connectivity index (χ2n) is 31.1. The van der Waals surface area contributed by atoms with Gasteiger partial charge in [0.2, 0.25) is 0 Å². The molecule has 0 fully saturated rings. The van der Waals surface area contributed by atoms with Crippen LogP contribution >= 0.6 is 0 Å². The van der Waals surface area contributed by atoms with Crippen LogP contribution in [0.2, 0.25) is 0 Å². The number of benzene rings is 17. The minimum Gasteiger partial charge on any atom is -0.456 e. The number of hydrogen-bond donors (Lipinski definition) is 0. The van der Waals surface area contributed by atoms with Gasteiger partial charge in [-0.25, -0.2) is 19.9 Å². The zero-order valence-corrected chi connectivity index (χ0v) is 61.8. The lowest BCUT2D eigenvalue weighted by atomic mass is 9.95. The molecule has 0 saturated heterocycles. The summed E-state index contributed by atoms with van der Waals surface area (Å²) < 4.78 is 26.0. The maximum absolute atomic E-state index is 6.46. The summed E-state index contributed by atoms with van der Waals surface area (Å²) in [6.07, 6.45) is 0. The zero-order chi connectivity index (χ0) is 75.3. The van der Waals surface area contributed by atoms with E-state index in [9.17, 15) is 0 Å². The lowest BCUT2D eigenvalue weighted by molar-refractivity contribution is 0.669. The lowest BCUT2D eigenvalue weighted by Gasteiger charge is -2.08. The summed E-state index contributed by atoms with van der Waals surface area (Å²) in [6.45, 7) is 0. The highest BCUT2D eigenvalue weighted by Crippen LogP contribution is 2.49. The molecule has 10 nitrogen and oxygen atoms in total. The molecule has 0 N–H and O–H groups in total. The molecule has 534 valence electrons. The van der Waals surface area contributed by atoms with Gasteiger partial charge in [0.15, 0.2) is 5.65 Å². The van der Waals surface area contributed by atoms with E-state index in [2.05, 4.69) is 310 Å². The van der Waals surface area contributed by atoms with Gasteiger partial charge in [0.05, 0.1) is 55.2 Å². The Labute approximate surface area is 656 Å². The Morgan fingerprint density at radius 3 is 1.24 bits per heavy atom. The van der Waals surface area contributed by atoms with Crippen LogP contribution in [0.15, 0.2) is 359 Å². The number of aromatic nitrogens is 7. The first-order chi connectivity index (χ1) is 57.4. The maximum Gasteiger partial charge on any atom is 0.165 e. The summed E-state index contributed by atoms with van der Waals surface area (Å²) in [5.74, 6) is 0. The molecule has 10 heteroatoms. The maximum atomic E-state index is 6.46. The van der Waals surface area contributed by atoms with Gasteiger partial charge in [-0.05, 0) is 164 Å². The monoisotopic (exact) mass is 1480 g/mol. The zero-order valence-electron chi connectivity index (χ0n) is 61.8.